The van der Waals surface area contributed by atoms with Crippen molar-refractivity contribution in [2.75, 3.05) is 4.90 Å². The molecule has 0 aromatic heterocycles. The highest BCUT2D eigenvalue weighted by atomic mass is 79.9. The Morgan fingerprint density at radius 2 is 1.68 bits per heavy atom. The number of benzene rings is 3. The lowest BCUT2D eigenvalue weighted by Crippen LogP contribution is -2.45. The molecule has 0 aliphatic rings. The first-order valence-corrected chi connectivity index (χ1v) is 12.1. The maximum absolute atomic E-state index is 13.6. The Morgan fingerprint density at radius 3 is 2.29 bits per heavy atom. The van der Waals surface area contributed by atoms with Gasteiger partial charge in [-0.1, -0.05) is 81.1 Å². The van der Waals surface area contributed by atoms with E-state index >= 15 is 0 Å². The van der Waals surface area contributed by atoms with Gasteiger partial charge >= 0.3 is 0 Å². The number of carbonyl (C=O) groups excluding carboxylic acids is 1. The van der Waals surface area contributed by atoms with Gasteiger partial charge in [-0.2, -0.15) is 0 Å². The number of amides is 1. The Morgan fingerprint density at radius 1 is 1.00 bits per heavy atom. The molecule has 162 valence electrons. The molecule has 0 bridgehead atoms. The molecule has 1 amide bonds. The van der Waals surface area contributed by atoms with Crippen LogP contribution in [0.5, 0.6) is 0 Å². The standard InChI is InChI=1S/C25H24Br2ClNO2/c1-2-4-23(25(31)18-5-3-6-20(27)16-18)29(22-13-9-19(26)10-14-22)24(30)15-17-7-11-21(28)12-8-17/h3,5-14,16,23,25,31H,2,4,15H2,1H3. The lowest BCUT2D eigenvalue weighted by molar-refractivity contribution is -0.119. The number of aliphatic hydroxyl groups is 1. The fourth-order valence-corrected chi connectivity index (χ4v) is 4.43. The molecule has 1 N–H and O–H groups in total. The predicted molar refractivity (Wildman–Crippen MR) is 135 cm³/mol. The summed E-state index contributed by atoms with van der Waals surface area (Å²) in [5, 5.41) is 12.0. The summed E-state index contributed by atoms with van der Waals surface area (Å²) < 4.78 is 1.82. The van der Waals surface area contributed by atoms with E-state index < -0.39 is 12.1 Å². The van der Waals surface area contributed by atoms with Gasteiger partial charge in [0.2, 0.25) is 5.91 Å². The Hall–Kier alpha value is -1.66. The Kier molecular flexibility index (Phi) is 8.73. The number of hydrogen-bond acceptors (Lipinski definition) is 2. The second-order valence-corrected chi connectivity index (χ2v) is 9.67. The predicted octanol–water partition coefficient (Wildman–Crippen LogP) is 7.34. The maximum atomic E-state index is 13.6. The number of aliphatic hydroxyl groups excluding tert-OH is 1. The molecule has 3 rings (SSSR count). The van der Waals surface area contributed by atoms with Crippen molar-refractivity contribution >= 4 is 55.1 Å². The van der Waals surface area contributed by atoms with Gasteiger partial charge in [-0.25, -0.2) is 0 Å². The fourth-order valence-electron chi connectivity index (χ4n) is 3.62. The summed E-state index contributed by atoms with van der Waals surface area (Å²) in [6.07, 6.45) is 0.890. The van der Waals surface area contributed by atoms with Crippen LogP contribution in [0.25, 0.3) is 0 Å². The molecule has 0 heterocycles. The van der Waals surface area contributed by atoms with Crippen LogP contribution >= 0.6 is 43.5 Å². The van der Waals surface area contributed by atoms with Gasteiger partial charge in [0.1, 0.15) is 0 Å². The average Bonchev–Trinajstić information content (AvgIpc) is 2.76. The molecule has 0 aliphatic heterocycles. The van der Waals surface area contributed by atoms with Crippen molar-refractivity contribution in [3.8, 4) is 0 Å². The van der Waals surface area contributed by atoms with Crippen molar-refractivity contribution in [3.05, 3.63) is 97.9 Å². The van der Waals surface area contributed by atoms with Crippen LogP contribution in [0, 0.1) is 0 Å². The van der Waals surface area contributed by atoms with E-state index in [1.165, 1.54) is 0 Å². The number of nitrogens with zero attached hydrogens (tertiary/aromatic N) is 1. The molecule has 3 nitrogen and oxygen atoms in total. The van der Waals surface area contributed by atoms with Gasteiger partial charge in [-0.15, -0.1) is 0 Å². The Bertz CT molecular complexity index is 1010. The van der Waals surface area contributed by atoms with E-state index in [4.69, 9.17) is 11.6 Å². The quantitative estimate of drug-likeness (QED) is 0.310. The van der Waals surface area contributed by atoms with Crippen molar-refractivity contribution in [3.63, 3.8) is 0 Å². The topological polar surface area (TPSA) is 40.5 Å². The number of hydrogen-bond donors (Lipinski definition) is 1. The monoisotopic (exact) mass is 563 g/mol. The second-order valence-electron chi connectivity index (χ2n) is 7.40. The third-order valence-electron chi connectivity index (χ3n) is 5.11. The van der Waals surface area contributed by atoms with Crippen LogP contribution in [0.15, 0.2) is 81.7 Å². The molecule has 3 aromatic carbocycles. The number of halogens is 3. The summed E-state index contributed by atoms with van der Waals surface area (Å²) in [5.41, 5.74) is 2.41. The first-order valence-electron chi connectivity index (χ1n) is 10.1. The van der Waals surface area contributed by atoms with E-state index in [0.29, 0.717) is 11.4 Å². The molecule has 0 fully saturated rings. The molecule has 0 saturated heterocycles. The zero-order valence-corrected chi connectivity index (χ0v) is 21.1. The summed E-state index contributed by atoms with van der Waals surface area (Å²) in [6, 6.07) is 22.1. The molecule has 0 spiro atoms. The highest BCUT2D eigenvalue weighted by Crippen LogP contribution is 2.31. The first kappa shape index (κ1) is 24.0. The molecule has 2 atom stereocenters. The molecule has 6 heteroatoms. The van der Waals surface area contributed by atoms with Gasteiger partial charge in [-0.3, -0.25) is 4.79 Å². The van der Waals surface area contributed by atoms with Gasteiger partial charge in [0, 0.05) is 19.7 Å². The molecule has 0 aliphatic carbocycles. The van der Waals surface area contributed by atoms with Gasteiger partial charge in [0.05, 0.1) is 18.6 Å². The van der Waals surface area contributed by atoms with E-state index in [9.17, 15) is 9.90 Å². The third-order valence-corrected chi connectivity index (χ3v) is 6.39. The second kappa shape index (κ2) is 11.3. The smallest absolute Gasteiger partial charge is 0.231 e. The summed E-state index contributed by atoms with van der Waals surface area (Å²) in [7, 11) is 0. The molecule has 0 saturated carbocycles. The van der Waals surface area contributed by atoms with E-state index in [1.807, 2.05) is 60.7 Å². The third kappa shape index (κ3) is 6.42. The largest absolute Gasteiger partial charge is 0.386 e. The summed E-state index contributed by atoms with van der Waals surface area (Å²) in [5.74, 6) is -0.0721. The van der Waals surface area contributed by atoms with Gasteiger partial charge in [0.25, 0.3) is 0 Å². The molecule has 2 unspecified atom stereocenters. The van der Waals surface area contributed by atoms with Gasteiger partial charge < -0.3 is 10.0 Å². The fraction of sp³-hybridized carbons (Fsp3) is 0.240. The van der Waals surface area contributed by atoms with Gasteiger partial charge in [-0.05, 0) is 66.1 Å². The van der Waals surface area contributed by atoms with E-state index in [0.717, 1.165) is 32.2 Å². The first-order chi connectivity index (χ1) is 14.9. The summed E-state index contributed by atoms with van der Waals surface area (Å²) >= 11 is 12.9. The maximum Gasteiger partial charge on any atom is 0.231 e. The molecule has 31 heavy (non-hydrogen) atoms. The van der Waals surface area contributed by atoms with Crippen molar-refractivity contribution < 1.29 is 9.90 Å². The summed E-state index contributed by atoms with van der Waals surface area (Å²) in [6.45, 7) is 2.06. The Balaban J connectivity index is 2.00. The van der Waals surface area contributed by atoms with Crippen LogP contribution in [-0.4, -0.2) is 17.1 Å². The lowest BCUT2D eigenvalue weighted by atomic mass is 9.95. The zero-order chi connectivity index (χ0) is 22.4. The van der Waals surface area contributed by atoms with Crippen LogP contribution in [0.4, 0.5) is 5.69 Å². The highest BCUT2D eigenvalue weighted by Gasteiger charge is 2.31. The lowest BCUT2D eigenvalue weighted by Gasteiger charge is -2.35. The molecular formula is C25H24Br2ClNO2. The average molecular weight is 566 g/mol. The minimum atomic E-state index is -0.824. The van der Waals surface area contributed by atoms with E-state index in [-0.39, 0.29) is 12.3 Å². The normalized spacial score (nSPS) is 12.9. The van der Waals surface area contributed by atoms with Crippen LogP contribution in [0.1, 0.15) is 37.0 Å². The number of rotatable bonds is 8. The van der Waals surface area contributed by atoms with E-state index in [2.05, 4.69) is 38.8 Å². The molecule has 0 radical (unpaired) electrons. The zero-order valence-electron chi connectivity index (χ0n) is 17.1. The minimum Gasteiger partial charge on any atom is -0.386 e. The van der Waals surface area contributed by atoms with Crippen LogP contribution in [0.3, 0.4) is 0 Å². The van der Waals surface area contributed by atoms with Crippen LogP contribution in [0.2, 0.25) is 5.02 Å². The number of anilines is 1. The minimum absolute atomic E-state index is 0.0721. The van der Waals surface area contributed by atoms with E-state index in [1.54, 1.807) is 17.0 Å². The van der Waals surface area contributed by atoms with Crippen molar-refractivity contribution in [2.45, 2.75) is 38.3 Å². The van der Waals surface area contributed by atoms with Crippen molar-refractivity contribution in [1.82, 2.24) is 0 Å². The molecular weight excluding hydrogens is 542 g/mol. The van der Waals surface area contributed by atoms with Crippen molar-refractivity contribution in [1.29, 1.82) is 0 Å². The SMILES string of the molecule is CCCC(C(O)c1cccc(Br)c1)N(C(=O)Cc1ccc(Cl)cc1)c1ccc(Br)cc1. The highest BCUT2D eigenvalue weighted by molar-refractivity contribution is 9.10. The van der Waals surface area contributed by atoms with Gasteiger partial charge in [0.15, 0.2) is 0 Å². The number of carbonyl (C=O) groups is 1. The van der Waals surface area contributed by atoms with Crippen LogP contribution < -0.4 is 4.90 Å². The van der Waals surface area contributed by atoms with Crippen LogP contribution in [-0.2, 0) is 11.2 Å². The summed E-state index contributed by atoms with van der Waals surface area (Å²) in [4.78, 5) is 15.3. The van der Waals surface area contributed by atoms with Crippen molar-refractivity contribution in [2.24, 2.45) is 0 Å². The Labute approximate surface area is 205 Å². The molecule has 3 aromatic rings.